The summed E-state index contributed by atoms with van der Waals surface area (Å²) in [6, 6.07) is 0. The number of amides is 1. The van der Waals surface area contributed by atoms with Crippen LogP contribution in [0.1, 0.15) is 58.8 Å². The van der Waals surface area contributed by atoms with E-state index in [1.54, 1.807) is 0 Å². The van der Waals surface area contributed by atoms with Crippen LogP contribution in [0.3, 0.4) is 0 Å². The van der Waals surface area contributed by atoms with E-state index in [9.17, 15) is 4.79 Å². The molecule has 1 amide bonds. The summed E-state index contributed by atoms with van der Waals surface area (Å²) in [5, 5.41) is 4.19. The number of nitrogens with zero attached hydrogens (tertiary/aromatic N) is 3. The van der Waals surface area contributed by atoms with Gasteiger partial charge in [0.1, 0.15) is 0 Å². The number of carbonyl (C=O) groups is 1. The van der Waals surface area contributed by atoms with Crippen molar-refractivity contribution in [3.8, 4) is 0 Å². The Hall–Kier alpha value is -1.36. The monoisotopic (exact) mass is 372 g/mol. The van der Waals surface area contributed by atoms with Crippen LogP contribution in [-0.4, -0.2) is 48.6 Å². The third-order valence-corrected chi connectivity index (χ3v) is 8.54. The van der Waals surface area contributed by atoms with E-state index in [-0.39, 0.29) is 10.8 Å². The molecule has 0 aromatic rings. The van der Waals surface area contributed by atoms with Gasteiger partial charge < -0.3 is 15.6 Å². The predicted molar refractivity (Wildman–Crippen MR) is 109 cm³/mol. The highest BCUT2D eigenvalue weighted by atomic mass is 16.2. The number of fused-ring (bicyclic) bond motifs is 5. The van der Waals surface area contributed by atoms with Gasteiger partial charge in [0, 0.05) is 41.7 Å². The van der Waals surface area contributed by atoms with Gasteiger partial charge in [0.15, 0.2) is 0 Å². The van der Waals surface area contributed by atoms with Crippen molar-refractivity contribution in [3.05, 3.63) is 11.8 Å². The molecule has 5 atom stereocenters. The summed E-state index contributed by atoms with van der Waals surface area (Å²) < 4.78 is 0. The second kappa shape index (κ2) is 6.61. The average Bonchev–Trinajstić information content (AvgIpc) is 2.97. The predicted octanol–water partition coefficient (Wildman–Crippen LogP) is 3.22. The largest absolute Gasteiger partial charge is 0.323 e. The Morgan fingerprint density at radius 1 is 1.19 bits per heavy atom. The Labute approximate surface area is 164 Å². The molecule has 0 spiro atoms. The minimum atomic E-state index is 0.146. The molecule has 2 saturated carbocycles. The molecular formula is C22H36N4O. The van der Waals surface area contributed by atoms with Crippen molar-refractivity contribution < 1.29 is 4.79 Å². The van der Waals surface area contributed by atoms with Gasteiger partial charge in [-0.15, -0.1) is 0 Å². The quantitative estimate of drug-likeness (QED) is 0.611. The number of piperidine rings is 1. The lowest BCUT2D eigenvalue weighted by atomic mass is 9.49. The van der Waals surface area contributed by atoms with E-state index in [1.807, 2.05) is 0 Å². The van der Waals surface area contributed by atoms with Gasteiger partial charge in [0.25, 0.3) is 0 Å². The SMILES string of the molecule is CN(C)CCN1C(=O)CC[C@@]2(C)C1=CC[C@@H]1[C@@H]2CC[C@]2(C)C(=NN)CC[C@@H]12. The van der Waals surface area contributed by atoms with Gasteiger partial charge in [-0.25, -0.2) is 0 Å². The maximum Gasteiger partial charge on any atom is 0.226 e. The summed E-state index contributed by atoms with van der Waals surface area (Å²) in [7, 11) is 4.16. The fraction of sp³-hybridized carbons (Fsp3) is 0.818. The highest BCUT2D eigenvalue weighted by Gasteiger charge is 2.58. The minimum Gasteiger partial charge on any atom is -0.323 e. The summed E-state index contributed by atoms with van der Waals surface area (Å²) in [4.78, 5) is 17.0. The zero-order valence-electron chi connectivity index (χ0n) is 17.5. The van der Waals surface area contributed by atoms with Crippen molar-refractivity contribution in [1.29, 1.82) is 0 Å². The summed E-state index contributed by atoms with van der Waals surface area (Å²) >= 11 is 0. The van der Waals surface area contributed by atoms with Crippen LogP contribution < -0.4 is 5.84 Å². The maximum absolute atomic E-state index is 12.7. The second-order valence-corrected chi connectivity index (χ2v) is 10.0. The van der Waals surface area contributed by atoms with E-state index in [0.717, 1.165) is 32.4 Å². The van der Waals surface area contributed by atoms with Gasteiger partial charge in [-0.1, -0.05) is 19.9 Å². The normalized spacial score (nSPS) is 42.8. The molecular weight excluding hydrogens is 336 g/mol. The molecule has 4 rings (SSSR count). The van der Waals surface area contributed by atoms with E-state index >= 15 is 0 Å². The van der Waals surface area contributed by atoms with Crippen LogP contribution in [0.2, 0.25) is 0 Å². The lowest BCUT2D eigenvalue weighted by Gasteiger charge is -2.58. The van der Waals surface area contributed by atoms with Crippen molar-refractivity contribution in [1.82, 2.24) is 9.80 Å². The maximum atomic E-state index is 12.7. The molecule has 0 radical (unpaired) electrons. The van der Waals surface area contributed by atoms with Crippen LogP contribution in [-0.2, 0) is 4.79 Å². The van der Waals surface area contributed by atoms with Gasteiger partial charge in [0.2, 0.25) is 5.91 Å². The first-order valence-corrected chi connectivity index (χ1v) is 10.7. The molecule has 0 bridgehead atoms. The molecule has 1 heterocycles. The number of likely N-dealkylation sites (N-methyl/N-ethyl adjacent to an activating group) is 1. The Kier molecular flexibility index (Phi) is 4.65. The molecule has 150 valence electrons. The molecule has 1 saturated heterocycles. The van der Waals surface area contributed by atoms with Crippen LogP contribution in [0.25, 0.3) is 0 Å². The Morgan fingerprint density at radius 2 is 1.93 bits per heavy atom. The number of likely N-dealkylation sites (tertiary alicyclic amines) is 1. The fourth-order valence-corrected chi connectivity index (χ4v) is 6.99. The van der Waals surface area contributed by atoms with E-state index in [0.29, 0.717) is 30.1 Å². The minimum absolute atomic E-state index is 0.146. The third-order valence-electron chi connectivity index (χ3n) is 8.54. The number of allylic oxidation sites excluding steroid dienone is 2. The van der Waals surface area contributed by atoms with E-state index in [1.165, 1.54) is 30.7 Å². The summed E-state index contributed by atoms with van der Waals surface area (Å²) in [6.07, 6.45) is 9.98. The second-order valence-electron chi connectivity index (χ2n) is 10.0. The Balaban J connectivity index is 1.65. The first-order valence-electron chi connectivity index (χ1n) is 10.7. The number of hydrogen-bond acceptors (Lipinski definition) is 4. The van der Waals surface area contributed by atoms with E-state index in [2.05, 4.69) is 48.9 Å². The lowest BCUT2D eigenvalue weighted by Crippen LogP contribution is -2.55. The molecule has 4 aliphatic rings. The van der Waals surface area contributed by atoms with Crippen LogP contribution in [0, 0.1) is 28.6 Å². The average molecular weight is 373 g/mol. The van der Waals surface area contributed by atoms with Crippen LogP contribution in [0.15, 0.2) is 16.9 Å². The molecule has 3 aliphatic carbocycles. The fourth-order valence-electron chi connectivity index (χ4n) is 6.99. The zero-order valence-corrected chi connectivity index (χ0v) is 17.5. The molecule has 5 heteroatoms. The third kappa shape index (κ3) is 2.76. The van der Waals surface area contributed by atoms with Crippen LogP contribution in [0.5, 0.6) is 0 Å². The van der Waals surface area contributed by atoms with Gasteiger partial charge in [-0.3, -0.25) is 4.79 Å². The van der Waals surface area contributed by atoms with Crippen molar-refractivity contribution in [2.24, 2.45) is 39.5 Å². The summed E-state index contributed by atoms with van der Waals surface area (Å²) in [5.41, 5.74) is 2.92. The van der Waals surface area contributed by atoms with Crippen molar-refractivity contribution in [2.45, 2.75) is 58.8 Å². The number of nitrogens with two attached hydrogens (primary N) is 1. The van der Waals surface area contributed by atoms with E-state index in [4.69, 9.17) is 5.84 Å². The molecule has 27 heavy (non-hydrogen) atoms. The highest BCUT2D eigenvalue weighted by Crippen LogP contribution is 2.63. The van der Waals surface area contributed by atoms with Crippen LogP contribution in [0.4, 0.5) is 0 Å². The zero-order chi connectivity index (χ0) is 19.4. The van der Waals surface area contributed by atoms with Crippen molar-refractivity contribution >= 4 is 11.6 Å². The summed E-state index contributed by atoms with van der Waals surface area (Å²) in [5.74, 6) is 8.15. The van der Waals surface area contributed by atoms with Gasteiger partial charge >= 0.3 is 0 Å². The molecule has 3 fully saturated rings. The van der Waals surface area contributed by atoms with Crippen molar-refractivity contribution in [2.75, 3.05) is 27.2 Å². The molecule has 2 N–H and O–H groups in total. The lowest BCUT2D eigenvalue weighted by molar-refractivity contribution is -0.136. The van der Waals surface area contributed by atoms with Gasteiger partial charge in [-0.2, -0.15) is 5.10 Å². The van der Waals surface area contributed by atoms with Gasteiger partial charge in [0.05, 0.1) is 0 Å². The number of hydrazone groups is 1. The van der Waals surface area contributed by atoms with Crippen LogP contribution >= 0.6 is 0 Å². The first-order chi connectivity index (χ1) is 12.8. The molecule has 5 nitrogen and oxygen atoms in total. The number of rotatable bonds is 3. The first kappa shape index (κ1) is 19.0. The number of carbonyl (C=O) groups excluding carboxylic acids is 1. The molecule has 0 aromatic carbocycles. The standard InChI is InChI=1S/C22H36N4O/c1-21-11-9-17-15(16(21)6-7-18(21)24-23)5-8-19-22(17,2)12-10-20(27)26(19)14-13-25(3)4/h8,15-17H,5-7,9-14,23H2,1-4H3/t15-,16-,17-,21-,22+/m0/s1. The molecule has 0 unspecified atom stereocenters. The smallest absolute Gasteiger partial charge is 0.226 e. The highest BCUT2D eigenvalue weighted by molar-refractivity contribution is 5.92. The molecule has 1 aliphatic heterocycles. The van der Waals surface area contributed by atoms with Gasteiger partial charge in [-0.05, 0) is 70.4 Å². The molecule has 0 aromatic heterocycles. The van der Waals surface area contributed by atoms with Crippen molar-refractivity contribution in [3.63, 3.8) is 0 Å². The summed E-state index contributed by atoms with van der Waals surface area (Å²) in [6.45, 7) is 6.59. The topological polar surface area (TPSA) is 61.9 Å². The number of hydrogen-bond donors (Lipinski definition) is 1. The van der Waals surface area contributed by atoms with E-state index < -0.39 is 0 Å². The Morgan fingerprint density at radius 3 is 2.63 bits per heavy atom. The Bertz CT molecular complexity index is 684.